The third-order valence-electron chi connectivity index (χ3n) is 3.72. The van der Waals surface area contributed by atoms with E-state index >= 15 is 0 Å². The van der Waals surface area contributed by atoms with E-state index in [0.29, 0.717) is 0 Å². The summed E-state index contributed by atoms with van der Waals surface area (Å²) in [5, 5.41) is -0.0601. The van der Waals surface area contributed by atoms with Crippen LogP contribution in [0.15, 0.2) is 33.7 Å². The summed E-state index contributed by atoms with van der Waals surface area (Å²) >= 11 is 5.64. The number of halogens is 6. The number of hydrogen-bond acceptors (Lipinski definition) is 5. The number of carbonyl (C=O) groups is 1. The molecule has 1 aromatic heterocycles. The van der Waals surface area contributed by atoms with E-state index in [-0.39, 0.29) is 21.7 Å². The topological polar surface area (TPSA) is 65.7 Å². The number of carbonyl (C=O) groups excluding carboxylic acids is 1. The molecule has 11 heteroatoms. The van der Waals surface area contributed by atoms with Crippen molar-refractivity contribution >= 4 is 28.5 Å². The Balaban J connectivity index is 1.83. The van der Waals surface area contributed by atoms with E-state index in [9.17, 15) is 31.5 Å². The van der Waals surface area contributed by atoms with Crippen molar-refractivity contribution in [1.82, 2.24) is 0 Å². The first-order chi connectivity index (χ1) is 13.6. The normalized spacial score (nSPS) is 12.1. The Morgan fingerprint density at radius 3 is 2.24 bits per heavy atom. The monoisotopic (exact) mass is 434 g/mol. The lowest BCUT2D eigenvalue weighted by molar-refractivity contribution is -0.141. The maximum Gasteiger partial charge on any atom is 0.352 e. The molecule has 3 aromatic rings. The van der Waals surface area contributed by atoms with E-state index in [1.807, 2.05) is 0 Å². The van der Waals surface area contributed by atoms with Gasteiger partial charge in [0.2, 0.25) is 34.5 Å². The standard InChI is InChI=1S/C18H8ClF5O5/c1-6(28-17-14(23)12(21)11(20)13(22)15(17)24)18(26)29-7-2-3-8-10(4-7)27-5-9(19)16(8)25/h2-6H,1H3. The number of benzene rings is 2. The number of fused-ring (bicyclic) bond motifs is 1. The highest BCUT2D eigenvalue weighted by molar-refractivity contribution is 6.30. The molecule has 0 radical (unpaired) electrons. The highest BCUT2D eigenvalue weighted by atomic mass is 35.5. The summed E-state index contributed by atoms with van der Waals surface area (Å²) < 4.78 is 81.4. The van der Waals surface area contributed by atoms with Gasteiger partial charge in [-0.15, -0.1) is 0 Å². The highest BCUT2D eigenvalue weighted by Crippen LogP contribution is 2.30. The van der Waals surface area contributed by atoms with Gasteiger partial charge >= 0.3 is 5.97 Å². The quantitative estimate of drug-likeness (QED) is 0.199. The molecule has 0 saturated carbocycles. The van der Waals surface area contributed by atoms with Crippen molar-refractivity contribution < 1.29 is 40.6 Å². The number of hydrogen-bond donors (Lipinski definition) is 0. The first kappa shape index (κ1) is 20.6. The Bertz CT molecular complexity index is 1160. The first-order valence-corrected chi connectivity index (χ1v) is 8.10. The molecule has 5 nitrogen and oxygen atoms in total. The minimum Gasteiger partial charge on any atom is -0.473 e. The Morgan fingerprint density at radius 1 is 1.03 bits per heavy atom. The number of rotatable bonds is 4. The lowest BCUT2D eigenvalue weighted by Crippen LogP contribution is -2.29. The molecule has 29 heavy (non-hydrogen) atoms. The largest absolute Gasteiger partial charge is 0.473 e. The van der Waals surface area contributed by atoms with Gasteiger partial charge in [0.25, 0.3) is 0 Å². The molecule has 0 aliphatic carbocycles. The zero-order valence-electron chi connectivity index (χ0n) is 14.2. The van der Waals surface area contributed by atoms with Crippen LogP contribution in [0.3, 0.4) is 0 Å². The van der Waals surface area contributed by atoms with Crippen LogP contribution in [-0.4, -0.2) is 12.1 Å². The second-order valence-electron chi connectivity index (χ2n) is 5.65. The fraction of sp³-hybridized carbons (Fsp3) is 0.111. The summed E-state index contributed by atoms with van der Waals surface area (Å²) in [6, 6.07) is 3.62. The summed E-state index contributed by atoms with van der Waals surface area (Å²) in [6.07, 6.45) is -0.775. The van der Waals surface area contributed by atoms with E-state index in [1.54, 1.807) is 0 Å². The molecule has 0 bridgehead atoms. The maximum atomic E-state index is 13.6. The molecule has 1 atom stereocenters. The van der Waals surface area contributed by atoms with Crippen molar-refractivity contribution in [3.05, 3.63) is 68.8 Å². The Labute approximate surface area is 163 Å². The summed E-state index contributed by atoms with van der Waals surface area (Å²) in [5.41, 5.74) is -0.494. The summed E-state index contributed by atoms with van der Waals surface area (Å²) in [6.45, 7) is 0.974. The van der Waals surface area contributed by atoms with Crippen LogP contribution in [0, 0.1) is 29.1 Å². The number of ether oxygens (including phenoxy) is 2. The molecule has 3 rings (SSSR count). The van der Waals surface area contributed by atoms with Gasteiger partial charge in [0.05, 0.1) is 5.39 Å². The zero-order chi connectivity index (χ0) is 21.5. The van der Waals surface area contributed by atoms with Crippen LogP contribution in [0.4, 0.5) is 22.0 Å². The van der Waals surface area contributed by atoms with E-state index < -0.39 is 52.3 Å². The molecular weight excluding hydrogens is 427 g/mol. The predicted molar refractivity (Wildman–Crippen MR) is 89.5 cm³/mol. The van der Waals surface area contributed by atoms with Crippen LogP contribution in [-0.2, 0) is 4.79 Å². The van der Waals surface area contributed by atoms with Gasteiger partial charge in [0, 0.05) is 6.07 Å². The molecule has 0 aliphatic heterocycles. The van der Waals surface area contributed by atoms with Gasteiger partial charge in [-0.2, -0.15) is 8.78 Å². The fourth-order valence-electron chi connectivity index (χ4n) is 2.26. The van der Waals surface area contributed by atoms with E-state index in [1.165, 1.54) is 12.1 Å². The van der Waals surface area contributed by atoms with Crippen molar-refractivity contribution in [2.45, 2.75) is 13.0 Å². The molecular formula is C18H8ClF5O5. The summed E-state index contributed by atoms with van der Waals surface area (Å²) in [5.74, 6) is -14.2. The lowest BCUT2D eigenvalue weighted by atomic mass is 10.2. The highest BCUT2D eigenvalue weighted by Gasteiger charge is 2.30. The Kier molecular flexibility index (Phi) is 5.47. The Hall–Kier alpha value is -3.14. The van der Waals surface area contributed by atoms with Crippen molar-refractivity contribution in [2.24, 2.45) is 0 Å². The van der Waals surface area contributed by atoms with Gasteiger partial charge in [-0.3, -0.25) is 4.79 Å². The van der Waals surface area contributed by atoms with E-state index in [2.05, 4.69) is 4.74 Å². The smallest absolute Gasteiger partial charge is 0.352 e. The average molecular weight is 435 g/mol. The fourth-order valence-corrected chi connectivity index (χ4v) is 2.41. The molecule has 0 saturated heterocycles. The second kappa shape index (κ2) is 7.70. The molecule has 0 aliphatic rings. The molecule has 1 unspecified atom stereocenters. The second-order valence-corrected chi connectivity index (χ2v) is 6.06. The molecule has 2 aromatic carbocycles. The van der Waals surface area contributed by atoms with Gasteiger partial charge in [-0.1, -0.05) is 11.6 Å². The van der Waals surface area contributed by atoms with Gasteiger partial charge in [-0.05, 0) is 19.1 Å². The molecule has 152 valence electrons. The minimum atomic E-state index is -2.36. The zero-order valence-corrected chi connectivity index (χ0v) is 15.0. The molecule has 0 fully saturated rings. The number of esters is 1. The van der Waals surface area contributed by atoms with Crippen LogP contribution < -0.4 is 14.9 Å². The maximum absolute atomic E-state index is 13.6. The van der Waals surface area contributed by atoms with Gasteiger partial charge in [0.15, 0.2) is 11.9 Å². The van der Waals surface area contributed by atoms with Gasteiger partial charge < -0.3 is 13.9 Å². The predicted octanol–water partition coefficient (Wildman–Crippen LogP) is 4.51. The van der Waals surface area contributed by atoms with E-state index in [4.69, 9.17) is 20.8 Å². The molecule has 0 N–H and O–H groups in total. The van der Waals surface area contributed by atoms with E-state index in [0.717, 1.165) is 19.3 Å². The van der Waals surface area contributed by atoms with Crippen LogP contribution in [0.2, 0.25) is 5.02 Å². The SMILES string of the molecule is CC(Oc1c(F)c(F)c(F)c(F)c1F)C(=O)Oc1ccc2c(=O)c(Cl)coc2c1. The van der Waals surface area contributed by atoms with Crippen LogP contribution in [0.25, 0.3) is 11.0 Å². The molecule has 0 amide bonds. The van der Waals surface area contributed by atoms with Crippen LogP contribution >= 0.6 is 11.6 Å². The summed E-state index contributed by atoms with van der Waals surface area (Å²) in [7, 11) is 0. The third-order valence-corrected chi connectivity index (χ3v) is 3.98. The first-order valence-electron chi connectivity index (χ1n) is 7.72. The van der Waals surface area contributed by atoms with Crippen molar-refractivity contribution in [3.63, 3.8) is 0 Å². The lowest BCUT2D eigenvalue weighted by Gasteiger charge is -2.15. The van der Waals surface area contributed by atoms with Crippen LogP contribution in [0.1, 0.15) is 6.92 Å². The Morgan fingerprint density at radius 2 is 1.62 bits per heavy atom. The molecule has 0 spiro atoms. The summed E-state index contributed by atoms with van der Waals surface area (Å²) in [4.78, 5) is 23.9. The molecule has 1 heterocycles. The van der Waals surface area contributed by atoms with Gasteiger partial charge in [-0.25, -0.2) is 18.0 Å². The van der Waals surface area contributed by atoms with Crippen molar-refractivity contribution in [2.75, 3.05) is 0 Å². The minimum absolute atomic E-state index is 0.0260. The average Bonchev–Trinajstić information content (AvgIpc) is 2.70. The van der Waals surface area contributed by atoms with Gasteiger partial charge in [0.1, 0.15) is 22.6 Å². The van der Waals surface area contributed by atoms with Crippen molar-refractivity contribution in [1.29, 1.82) is 0 Å². The van der Waals surface area contributed by atoms with Crippen molar-refractivity contribution in [3.8, 4) is 11.5 Å². The van der Waals surface area contributed by atoms with Crippen LogP contribution in [0.5, 0.6) is 11.5 Å². The third kappa shape index (κ3) is 3.75.